The highest BCUT2D eigenvalue weighted by Gasteiger charge is 2.52. The van der Waals surface area contributed by atoms with Crippen LogP contribution in [-0.2, 0) is 6.42 Å². The molecule has 4 saturated carbocycles. The summed E-state index contributed by atoms with van der Waals surface area (Å²) in [7, 11) is 0. The van der Waals surface area contributed by atoms with Gasteiger partial charge in [-0.2, -0.15) is 0 Å². The van der Waals surface area contributed by atoms with Crippen LogP contribution in [0.15, 0.2) is 18.2 Å². The van der Waals surface area contributed by atoms with Crippen LogP contribution in [0.25, 0.3) is 0 Å². The lowest BCUT2D eigenvalue weighted by atomic mass is 9.54. The Labute approximate surface area is 120 Å². The van der Waals surface area contributed by atoms with Gasteiger partial charge in [0.15, 0.2) is 0 Å². The third-order valence-electron chi connectivity index (χ3n) is 6.13. The Morgan fingerprint density at radius 1 is 1.00 bits per heavy atom. The number of ether oxygens (including phenoxy) is 1. The van der Waals surface area contributed by atoms with Crippen molar-refractivity contribution < 1.29 is 4.74 Å². The molecule has 1 heterocycles. The molecule has 4 aliphatic carbocycles. The van der Waals surface area contributed by atoms with E-state index in [0.717, 1.165) is 30.7 Å². The van der Waals surface area contributed by atoms with E-state index in [0.29, 0.717) is 0 Å². The Bertz CT molecular complexity index is 515. The lowest BCUT2D eigenvalue weighted by Crippen LogP contribution is -2.53. The maximum Gasteiger partial charge on any atom is 0.125 e. The van der Waals surface area contributed by atoms with Crippen molar-refractivity contribution in [3.8, 4) is 5.75 Å². The summed E-state index contributed by atoms with van der Waals surface area (Å²) in [6, 6.07) is 6.53. The van der Waals surface area contributed by atoms with E-state index in [9.17, 15) is 0 Å². The van der Waals surface area contributed by atoms with E-state index >= 15 is 0 Å². The molecule has 4 bridgehead atoms. The van der Waals surface area contributed by atoms with Gasteiger partial charge in [-0.3, -0.25) is 0 Å². The molecule has 0 atom stereocenters. The fourth-order valence-corrected chi connectivity index (χ4v) is 5.80. The van der Waals surface area contributed by atoms with Crippen LogP contribution >= 0.6 is 0 Å². The molecule has 20 heavy (non-hydrogen) atoms. The summed E-state index contributed by atoms with van der Waals surface area (Å²) in [6.07, 6.45) is 9.52. The van der Waals surface area contributed by atoms with Gasteiger partial charge in [0.05, 0.1) is 0 Å². The summed E-state index contributed by atoms with van der Waals surface area (Å²) >= 11 is 0. The van der Waals surface area contributed by atoms with Gasteiger partial charge >= 0.3 is 0 Å². The number of benzene rings is 1. The minimum absolute atomic E-state index is 0.187. The molecule has 5 aliphatic rings. The molecule has 4 fully saturated rings. The lowest BCUT2D eigenvalue weighted by molar-refractivity contribution is -0.107. The largest absolute Gasteiger partial charge is 0.487 e. The number of hydrogen-bond acceptors (Lipinski definition) is 2. The average molecular weight is 269 g/mol. The Morgan fingerprint density at radius 3 is 2.40 bits per heavy atom. The van der Waals surface area contributed by atoms with Crippen LogP contribution in [0.3, 0.4) is 0 Å². The predicted molar refractivity (Wildman–Crippen MR) is 80.2 cm³/mol. The third-order valence-corrected chi connectivity index (χ3v) is 6.13. The Morgan fingerprint density at radius 2 is 1.70 bits per heavy atom. The summed E-state index contributed by atoms with van der Waals surface area (Å²) < 4.78 is 6.72. The van der Waals surface area contributed by atoms with Crippen molar-refractivity contribution >= 4 is 5.69 Å². The highest BCUT2D eigenvalue weighted by Crippen LogP contribution is 2.57. The monoisotopic (exact) mass is 269 g/mol. The van der Waals surface area contributed by atoms with Crippen LogP contribution in [0.4, 0.5) is 5.69 Å². The molecule has 1 N–H and O–H groups in total. The van der Waals surface area contributed by atoms with Crippen molar-refractivity contribution in [2.75, 3.05) is 11.9 Å². The third kappa shape index (κ3) is 1.63. The topological polar surface area (TPSA) is 21.3 Å². The first-order chi connectivity index (χ1) is 9.80. The van der Waals surface area contributed by atoms with Crippen LogP contribution < -0.4 is 10.1 Å². The smallest absolute Gasteiger partial charge is 0.125 e. The van der Waals surface area contributed by atoms with Crippen LogP contribution in [0.1, 0.15) is 44.1 Å². The lowest BCUT2D eigenvalue weighted by Gasteiger charge is -2.56. The fourth-order valence-electron chi connectivity index (χ4n) is 5.80. The Kier molecular flexibility index (Phi) is 2.25. The second kappa shape index (κ2) is 3.93. The summed E-state index contributed by atoms with van der Waals surface area (Å²) in [4.78, 5) is 0. The van der Waals surface area contributed by atoms with Crippen molar-refractivity contribution in [3.63, 3.8) is 0 Å². The fraction of sp³-hybridized carbons (Fsp3) is 0.667. The summed E-state index contributed by atoms with van der Waals surface area (Å²) in [5.74, 6) is 4.04. The second-order valence-electron chi connectivity index (χ2n) is 7.66. The molecular formula is C18H23NO. The van der Waals surface area contributed by atoms with E-state index in [1.54, 1.807) is 0 Å². The molecule has 2 heteroatoms. The molecule has 0 unspecified atom stereocenters. The number of nitrogens with one attached hydrogen (secondary N) is 1. The van der Waals surface area contributed by atoms with Gasteiger partial charge in [-0.15, -0.1) is 0 Å². The first kappa shape index (κ1) is 11.5. The number of hydrogen-bond donors (Lipinski definition) is 1. The molecule has 0 aromatic heterocycles. The number of fused-ring (bicyclic) bond motifs is 1. The van der Waals surface area contributed by atoms with Crippen LogP contribution in [0.5, 0.6) is 5.75 Å². The van der Waals surface area contributed by atoms with Gasteiger partial charge < -0.3 is 10.1 Å². The van der Waals surface area contributed by atoms with E-state index in [4.69, 9.17) is 4.74 Å². The summed E-state index contributed by atoms with van der Waals surface area (Å²) in [5, 5.41) is 3.47. The van der Waals surface area contributed by atoms with Crippen molar-refractivity contribution in [2.24, 2.45) is 17.8 Å². The second-order valence-corrected chi connectivity index (χ2v) is 7.66. The molecule has 106 valence electrons. The highest BCUT2D eigenvalue weighted by atomic mass is 16.5. The first-order valence-corrected chi connectivity index (χ1v) is 8.34. The standard InChI is InChI=1S/C18H23NO/c1-2-16-15(4-5-19-16)17(3-1)20-18-9-12-6-13(10-18)8-14(7-12)11-18/h1-3,12-14,19H,4-11H2. The molecule has 0 radical (unpaired) electrons. The molecule has 1 aromatic rings. The zero-order valence-corrected chi connectivity index (χ0v) is 12.0. The van der Waals surface area contributed by atoms with Gasteiger partial charge in [0.1, 0.15) is 11.4 Å². The van der Waals surface area contributed by atoms with Crippen molar-refractivity contribution in [2.45, 2.75) is 50.5 Å². The normalized spacial score (nSPS) is 40.5. The minimum atomic E-state index is 0.187. The molecule has 0 saturated heterocycles. The van der Waals surface area contributed by atoms with E-state index in [-0.39, 0.29) is 5.60 Å². The molecule has 0 spiro atoms. The zero-order valence-electron chi connectivity index (χ0n) is 12.0. The molecule has 2 nitrogen and oxygen atoms in total. The van der Waals surface area contributed by atoms with Gasteiger partial charge in [-0.25, -0.2) is 0 Å². The Balaban J connectivity index is 1.48. The van der Waals surface area contributed by atoms with Crippen molar-refractivity contribution in [1.29, 1.82) is 0 Å². The minimum Gasteiger partial charge on any atom is -0.487 e. The van der Waals surface area contributed by atoms with Crippen LogP contribution in [0, 0.1) is 17.8 Å². The molecular weight excluding hydrogens is 246 g/mol. The van der Waals surface area contributed by atoms with E-state index in [1.807, 2.05) is 0 Å². The van der Waals surface area contributed by atoms with E-state index in [1.165, 1.54) is 55.5 Å². The van der Waals surface area contributed by atoms with Gasteiger partial charge in [-0.05, 0) is 74.8 Å². The van der Waals surface area contributed by atoms with Crippen LogP contribution in [-0.4, -0.2) is 12.1 Å². The van der Waals surface area contributed by atoms with Crippen LogP contribution in [0.2, 0.25) is 0 Å². The summed E-state index contributed by atoms with van der Waals surface area (Å²) in [6.45, 7) is 1.07. The van der Waals surface area contributed by atoms with Crippen molar-refractivity contribution in [1.82, 2.24) is 0 Å². The summed E-state index contributed by atoms with van der Waals surface area (Å²) in [5.41, 5.74) is 2.90. The van der Waals surface area contributed by atoms with Gasteiger partial charge in [0.25, 0.3) is 0 Å². The maximum atomic E-state index is 6.72. The maximum absolute atomic E-state index is 6.72. The highest BCUT2D eigenvalue weighted by molar-refractivity contribution is 5.61. The molecule has 0 amide bonds. The number of rotatable bonds is 2. The first-order valence-electron chi connectivity index (χ1n) is 8.34. The predicted octanol–water partition coefficient (Wildman–Crippen LogP) is 4.00. The SMILES string of the molecule is c1cc2c(c(OC34CC5CC(CC(C5)C3)C4)c1)CCN2. The van der Waals surface area contributed by atoms with Gasteiger partial charge in [-0.1, -0.05) is 6.07 Å². The quantitative estimate of drug-likeness (QED) is 0.876. The number of anilines is 1. The average Bonchev–Trinajstić information content (AvgIpc) is 2.86. The zero-order chi connectivity index (χ0) is 13.2. The van der Waals surface area contributed by atoms with Crippen molar-refractivity contribution in [3.05, 3.63) is 23.8 Å². The van der Waals surface area contributed by atoms with E-state index in [2.05, 4.69) is 23.5 Å². The Hall–Kier alpha value is -1.18. The van der Waals surface area contributed by atoms with Gasteiger partial charge in [0.2, 0.25) is 0 Å². The van der Waals surface area contributed by atoms with E-state index < -0.39 is 0 Å². The molecule has 1 aromatic carbocycles. The van der Waals surface area contributed by atoms with Gasteiger partial charge in [0, 0.05) is 17.8 Å². The molecule has 6 rings (SSSR count). The molecule has 1 aliphatic heterocycles.